The molecule has 0 aliphatic carbocycles. The molecule has 2 unspecified atom stereocenters. The molecule has 1 aromatic rings. The molecule has 3 rings (SSSR count). The number of benzene rings is 1. The maximum Gasteiger partial charge on any atom is 0.413 e. The fraction of sp³-hybridized carbons (Fsp3) is 0.682. The minimum absolute atomic E-state index is 0.113. The predicted octanol–water partition coefficient (Wildman–Crippen LogP) is 4.88. The van der Waals surface area contributed by atoms with Crippen molar-refractivity contribution in [1.29, 1.82) is 0 Å². The van der Waals surface area contributed by atoms with Crippen molar-refractivity contribution in [3.63, 3.8) is 0 Å². The van der Waals surface area contributed by atoms with E-state index < -0.39 is 28.4 Å². The Labute approximate surface area is 167 Å². The van der Waals surface area contributed by atoms with Crippen LogP contribution in [0.25, 0.3) is 0 Å². The van der Waals surface area contributed by atoms with Crippen molar-refractivity contribution in [3.05, 3.63) is 29.3 Å². The number of amides is 1. The van der Waals surface area contributed by atoms with Crippen molar-refractivity contribution >= 4 is 6.09 Å². The summed E-state index contributed by atoms with van der Waals surface area (Å²) in [5.74, 6) is 0.113. The second kappa shape index (κ2) is 5.86. The molecule has 1 N–H and O–H groups in total. The second-order valence-corrected chi connectivity index (χ2v) is 10.7. The molecule has 6 nitrogen and oxygen atoms in total. The highest BCUT2D eigenvalue weighted by atomic mass is 17.3. The average molecular weight is 392 g/mol. The van der Waals surface area contributed by atoms with Gasteiger partial charge in [0.25, 0.3) is 0 Å². The van der Waals surface area contributed by atoms with Crippen LogP contribution >= 0.6 is 0 Å². The van der Waals surface area contributed by atoms with Crippen molar-refractivity contribution in [2.75, 3.05) is 6.54 Å². The Morgan fingerprint density at radius 3 is 2.21 bits per heavy atom. The zero-order chi connectivity index (χ0) is 21.3. The van der Waals surface area contributed by atoms with Gasteiger partial charge >= 0.3 is 6.09 Å². The highest BCUT2D eigenvalue weighted by Crippen LogP contribution is 2.70. The predicted molar refractivity (Wildman–Crippen MR) is 106 cm³/mol. The SMILES string of the molecule is Cc1ccc(O)cc1C12OOC1(C(C)(C)C)C(C)(C)CN2C(=O)OC(C)(C)C. The van der Waals surface area contributed by atoms with Crippen molar-refractivity contribution < 1.29 is 24.4 Å². The molecule has 0 bridgehead atoms. The number of fused-ring (bicyclic) bond motifs is 1. The number of phenols is 1. The third-order valence-electron chi connectivity index (χ3n) is 5.91. The summed E-state index contributed by atoms with van der Waals surface area (Å²) in [5.41, 5.74) is -1.86. The highest BCUT2D eigenvalue weighted by molar-refractivity contribution is 5.71. The molecule has 2 atom stereocenters. The quantitative estimate of drug-likeness (QED) is 0.691. The van der Waals surface area contributed by atoms with Gasteiger partial charge in [-0.2, -0.15) is 4.89 Å². The summed E-state index contributed by atoms with van der Waals surface area (Å²) in [7, 11) is 0. The fourth-order valence-corrected chi connectivity index (χ4v) is 5.14. The lowest BCUT2D eigenvalue weighted by Crippen LogP contribution is -2.76. The first-order chi connectivity index (χ1) is 12.6. The Bertz CT molecular complexity index is 804. The van der Waals surface area contributed by atoms with E-state index in [1.807, 2.05) is 33.8 Å². The monoisotopic (exact) mass is 391 g/mol. The highest BCUT2D eigenvalue weighted by Gasteiger charge is 2.84. The van der Waals surface area contributed by atoms with Crippen LogP contribution in [0.3, 0.4) is 0 Å². The lowest BCUT2D eigenvalue weighted by atomic mass is 9.57. The lowest BCUT2D eigenvalue weighted by molar-refractivity contribution is -0.604. The number of hydrogen-bond acceptors (Lipinski definition) is 5. The minimum atomic E-state index is -1.19. The number of nitrogens with zero attached hydrogens (tertiary/aromatic N) is 1. The summed E-state index contributed by atoms with van der Waals surface area (Å²) in [4.78, 5) is 26.8. The molecule has 2 saturated heterocycles. The first kappa shape index (κ1) is 20.9. The Morgan fingerprint density at radius 2 is 1.75 bits per heavy atom. The number of phenolic OH excluding ortho intramolecular Hbond substituents is 1. The molecule has 2 fully saturated rings. The van der Waals surface area contributed by atoms with Crippen LogP contribution in [0.1, 0.15) is 66.5 Å². The third-order valence-corrected chi connectivity index (χ3v) is 5.91. The maximum atomic E-state index is 13.3. The van der Waals surface area contributed by atoms with Crippen LogP contribution in [-0.4, -0.2) is 33.8 Å². The summed E-state index contributed by atoms with van der Waals surface area (Å²) >= 11 is 0. The first-order valence-electron chi connectivity index (χ1n) is 9.77. The Kier molecular flexibility index (Phi) is 4.38. The van der Waals surface area contributed by atoms with Crippen molar-refractivity contribution in [2.24, 2.45) is 10.8 Å². The summed E-state index contributed by atoms with van der Waals surface area (Å²) < 4.78 is 5.73. The molecular formula is C22H33NO5. The van der Waals surface area contributed by atoms with Gasteiger partial charge in [-0.1, -0.05) is 40.7 Å². The van der Waals surface area contributed by atoms with Crippen LogP contribution in [0.5, 0.6) is 5.75 Å². The van der Waals surface area contributed by atoms with E-state index in [1.54, 1.807) is 17.0 Å². The van der Waals surface area contributed by atoms with E-state index in [2.05, 4.69) is 34.6 Å². The zero-order valence-electron chi connectivity index (χ0n) is 18.5. The molecule has 0 spiro atoms. The molecule has 2 aliphatic rings. The molecule has 1 aromatic carbocycles. The molecule has 2 heterocycles. The van der Waals surface area contributed by atoms with Gasteiger partial charge in [0.15, 0.2) is 5.60 Å². The number of rotatable bonds is 1. The Hall–Kier alpha value is -1.79. The molecule has 28 heavy (non-hydrogen) atoms. The number of likely N-dealkylation sites (tertiary alicyclic amines) is 1. The zero-order valence-corrected chi connectivity index (χ0v) is 18.5. The number of carbonyl (C=O) groups is 1. The van der Waals surface area contributed by atoms with Crippen molar-refractivity contribution in [3.8, 4) is 5.75 Å². The molecule has 156 valence electrons. The van der Waals surface area contributed by atoms with Crippen LogP contribution in [0, 0.1) is 17.8 Å². The van der Waals surface area contributed by atoms with Crippen molar-refractivity contribution in [2.45, 2.75) is 79.2 Å². The first-order valence-corrected chi connectivity index (χ1v) is 9.77. The smallest absolute Gasteiger partial charge is 0.413 e. The molecule has 0 saturated carbocycles. The molecule has 0 aromatic heterocycles. The van der Waals surface area contributed by atoms with Gasteiger partial charge in [-0.25, -0.2) is 9.68 Å². The van der Waals surface area contributed by atoms with Gasteiger partial charge in [0, 0.05) is 22.9 Å². The topological polar surface area (TPSA) is 68.2 Å². The largest absolute Gasteiger partial charge is 0.508 e. The Morgan fingerprint density at radius 1 is 1.14 bits per heavy atom. The molecule has 1 amide bonds. The van der Waals surface area contributed by atoms with Crippen LogP contribution in [0.2, 0.25) is 0 Å². The van der Waals surface area contributed by atoms with Crippen LogP contribution in [0.15, 0.2) is 18.2 Å². The average Bonchev–Trinajstić information content (AvgIpc) is 2.59. The van der Waals surface area contributed by atoms with Gasteiger partial charge in [-0.15, -0.1) is 0 Å². The summed E-state index contributed by atoms with van der Waals surface area (Å²) in [6, 6.07) is 5.12. The van der Waals surface area contributed by atoms with Gasteiger partial charge in [-0.3, -0.25) is 4.90 Å². The van der Waals surface area contributed by atoms with E-state index in [4.69, 9.17) is 14.5 Å². The van der Waals surface area contributed by atoms with Crippen LogP contribution < -0.4 is 0 Å². The Balaban J connectivity index is 2.28. The van der Waals surface area contributed by atoms with Gasteiger partial charge < -0.3 is 9.84 Å². The normalized spacial score (nSPS) is 29.2. The van der Waals surface area contributed by atoms with E-state index in [-0.39, 0.29) is 11.2 Å². The second-order valence-electron chi connectivity index (χ2n) is 10.7. The number of ether oxygens (including phenoxy) is 1. The van der Waals surface area contributed by atoms with Gasteiger partial charge in [0.1, 0.15) is 11.4 Å². The summed E-state index contributed by atoms with van der Waals surface area (Å²) in [5, 5.41) is 10.2. The van der Waals surface area contributed by atoms with Crippen LogP contribution in [-0.2, 0) is 20.2 Å². The van der Waals surface area contributed by atoms with Gasteiger partial charge in [0.05, 0.1) is 0 Å². The number of aryl methyl sites for hydroxylation is 1. The minimum Gasteiger partial charge on any atom is -0.508 e. The van der Waals surface area contributed by atoms with Crippen LogP contribution in [0.4, 0.5) is 4.79 Å². The molecule has 6 heteroatoms. The van der Waals surface area contributed by atoms with E-state index >= 15 is 0 Å². The van der Waals surface area contributed by atoms with Crippen molar-refractivity contribution in [1.82, 2.24) is 4.90 Å². The number of carbonyl (C=O) groups excluding carboxylic acids is 1. The lowest BCUT2D eigenvalue weighted by Gasteiger charge is -2.63. The molecule has 0 radical (unpaired) electrons. The van der Waals surface area contributed by atoms with E-state index in [9.17, 15) is 9.90 Å². The number of hydrogen-bond donors (Lipinski definition) is 1. The standard InChI is InChI=1S/C22H33NO5/c1-14-10-11-15(24)12-16(14)21-22(28-27-21,18(2,3)4)20(8,9)13-23(21)17(25)26-19(5,6)7/h10-12,24H,13H2,1-9H3. The summed E-state index contributed by atoms with van der Waals surface area (Å²) in [6.07, 6.45) is -0.460. The third kappa shape index (κ3) is 2.57. The van der Waals surface area contributed by atoms with E-state index in [0.717, 1.165) is 5.56 Å². The van der Waals surface area contributed by atoms with E-state index in [0.29, 0.717) is 12.1 Å². The van der Waals surface area contributed by atoms with Gasteiger partial charge in [-0.05, 0) is 45.4 Å². The summed E-state index contributed by atoms with van der Waals surface area (Å²) in [6.45, 7) is 18.3. The molecule has 2 aliphatic heterocycles. The fourth-order valence-electron chi connectivity index (χ4n) is 5.14. The maximum absolute atomic E-state index is 13.3. The van der Waals surface area contributed by atoms with Gasteiger partial charge in [0.2, 0.25) is 5.72 Å². The van der Waals surface area contributed by atoms with E-state index in [1.165, 1.54) is 0 Å². The number of aromatic hydroxyl groups is 1. The molecular weight excluding hydrogens is 358 g/mol.